The molecule has 1 fully saturated rings. The molecule has 2 aromatic carbocycles. The van der Waals surface area contributed by atoms with Crippen molar-refractivity contribution in [1.29, 1.82) is 0 Å². The molecule has 0 atom stereocenters. The summed E-state index contributed by atoms with van der Waals surface area (Å²) >= 11 is 3.98. The molecule has 172 valence electrons. The molecule has 1 aliphatic heterocycles. The second-order valence-corrected chi connectivity index (χ2v) is 10.7. The average Bonchev–Trinajstić information content (AvgIpc) is 2.85. The lowest BCUT2D eigenvalue weighted by atomic mass is 10.1. The topological polar surface area (TPSA) is 60.5 Å². The Hall–Kier alpha value is -2.64. The molecule has 0 aliphatic carbocycles. The molecular formula is C26H28N2O3S2. The van der Waals surface area contributed by atoms with Crippen molar-refractivity contribution in [1.82, 2.24) is 10.3 Å². The molecular weight excluding hydrogens is 452 g/mol. The second kappa shape index (κ2) is 11.5. The first kappa shape index (κ1) is 23.5. The predicted molar refractivity (Wildman–Crippen MR) is 136 cm³/mol. The molecule has 1 aliphatic rings. The number of rotatable bonds is 8. The van der Waals surface area contributed by atoms with E-state index in [1.165, 1.54) is 23.5 Å². The van der Waals surface area contributed by atoms with Gasteiger partial charge in [-0.2, -0.15) is 0 Å². The van der Waals surface area contributed by atoms with Gasteiger partial charge in [-0.15, -0.1) is 23.5 Å². The number of pyridine rings is 1. The SMILES string of the molecule is Cc1ccc(C)c(Oc2ccc(CNC(=O)COc3ccc(C4SCCCS4)cc3)cn2)c1. The van der Waals surface area contributed by atoms with Crippen molar-refractivity contribution in [3.05, 3.63) is 83.0 Å². The van der Waals surface area contributed by atoms with Crippen molar-refractivity contribution in [2.24, 2.45) is 0 Å². The zero-order valence-corrected chi connectivity index (χ0v) is 20.5. The third kappa shape index (κ3) is 6.92. The van der Waals surface area contributed by atoms with Crippen LogP contribution in [0.2, 0.25) is 0 Å². The quantitative estimate of drug-likeness (QED) is 0.423. The van der Waals surface area contributed by atoms with Gasteiger partial charge in [-0.25, -0.2) is 4.98 Å². The molecule has 3 aromatic rings. The van der Waals surface area contributed by atoms with Gasteiger partial charge < -0.3 is 14.8 Å². The Morgan fingerprint density at radius 3 is 2.58 bits per heavy atom. The Balaban J connectivity index is 1.21. The van der Waals surface area contributed by atoms with E-state index >= 15 is 0 Å². The highest BCUT2D eigenvalue weighted by atomic mass is 32.2. The van der Waals surface area contributed by atoms with E-state index < -0.39 is 0 Å². The molecule has 1 N–H and O–H groups in total. The normalized spacial score (nSPS) is 14.0. The first-order valence-electron chi connectivity index (χ1n) is 11.0. The Bertz CT molecular complexity index is 1070. The highest BCUT2D eigenvalue weighted by Gasteiger charge is 2.16. The summed E-state index contributed by atoms with van der Waals surface area (Å²) in [4.78, 5) is 16.5. The highest BCUT2D eigenvalue weighted by Crippen LogP contribution is 2.43. The third-order valence-corrected chi connectivity index (χ3v) is 8.21. The summed E-state index contributed by atoms with van der Waals surface area (Å²) in [5.41, 5.74) is 4.39. The number of thioether (sulfide) groups is 2. The van der Waals surface area contributed by atoms with Gasteiger partial charge in [0, 0.05) is 18.8 Å². The first-order valence-corrected chi connectivity index (χ1v) is 13.1. The molecule has 0 unspecified atom stereocenters. The van der Waals surface area contributed by atoms with Crippen molar-refractivity contribution in [3.63, 3.8) is 0 Å². The summed E-state index contributed by atoms with van der Waals surface area (Å²) in [6.07, 6.45) is 2.99. The van der Waals surface area contributed by atoms with E-state index in [9.17, 15) is 4.79 Å². The van der Waals surface area contributed by atoms with Crippen LogP contribution in [0.3, 0.4) is 0 Å². The van der Waals surface area contributed by atoms with Crippen molar-refractivity contribution >= 4 is 29.4 Å². The van der Waals surface area contributed by atoms with Gasteiger partial charge in [-0.3, -0.25) is 4.79 Å². The number of aryl methyl sites for hydroxylation is 2. The fourth-order valence-corrected chi connectivity index (χ4v) is 6.20. The monoisotopic (exact) mass is 480 g/mol. The molecule has 33 heavy (non-hydrogen) atoms. The molecule has 1 amide bonds. The van der Waals surface area contributed by atoms with Gasteiger partial charge in [0.25, 0.3) is 5.91 Å². The van der Waals surface area contributed by atoms with E-state index in [2.05, 4.69) is 28.5 Å². The summed E-state index contributed by atoms with van der Waals surface area (Å²) in [6.45, 7) is 4.39. The number of nitrogens with zero attached hydrogens (tertiary/aromatic N) is 1. The van der Waals surface area contributed by atoms with E-state index in [4.69, 9.17) is 9.47 Å². The Kier molecular flexibility index (Phi) is 8.18. The van der Waals surface area contributed by atoms with E-state index in [-0.39, 0.29) is 12.5 Å². The lowest BCUT2D eigenvalue weighted by Crippen LogP contribution is -2.28. The van der Waals surface area contributed by atoms with Crippen LogP contribution < -0.4 is 14.8 Å². The number of amides is 1. The largest absolute Gasteiger partial charge is 0.484 e. The molecule has 1 saturated heterocycles. The Morgan fingerprint density at radius 1 is 1.06 bits per heavy atom. The molecule has 0 bridgehead atoms. The second-order valence-electron chi connectivity index (χ2n) is 7.94. The van der Waals surface area contributed by atoms with Crippen LogP contribution in [0.4, 0.5) is 0 Å². The Labute approximate surface area is 203 Å². The number of aromatic nitrogens is 1. The molecule has 0 radical (unpaired) electrons. The van der Waals surface area contributed by atoms with Gasteiger partial charge >= 0.3 is 0 Å². The predicted octanol–water partition coefficient (Wildman–Crippen LogP) is 6.05. The zero-order valence-electron chi connectivity index (χ0n) is 18.9. The molecule has 4 rings (SSSR count). The molecule has 0 spiro atoms. The maximum Gasteiger partial charge on any atom is 0.258 e. The number of hydrogen-bond acceptors (Lipinski definition) is 6. The van der Waals surface area contributed by atoms with E-state index in [0.717, 1.165) is 22.4 Å². The summed E-state index contributed by atoms with van der Waals surface area (Å²) in [5.74, 6) is 4.28. The van der Waals surface area contributed by atoms with E-state index in [0.29, 0.717) is 22.8 Å². The Morgan fingerprint density at radius 2 is 1.85 bits per heavy atom. The number of benzene rings is 2. The molecule has 0 saturated carbocycles. The smallest absolute Gasteiger partial charge is 0.258 e. The highest BCUT2D eigenvalue weighted by molar-refractivity contribution is 8.16. The van der Waals surface area contributed by atoms with Crippen LogP contribution in [0.15, 0.2) is 60.8 Å². The van der Waals surface area contributed by atoms with Crippen molar-refractivity contribution in [3.8, 4) is 17.4 Å². The first-order chi connectivity index (χ1) is 16.1. The molecule has 5 nitrogen and oxygen atoms in total. The van der Waals surface area contributed by atoms with Gasteiger partial charge in [0.15, 0.2) is 6.61 Å². The van der Waals surface area contributed by atoms with Gasteiger partial charge in [-0.05, 0) is 72.2 Å². The van der Waals surface area contributed by atoms with Gasteiger partial charge in [0.2, 0.25) is 5.88 Å². The minimum atomic E-state index is -0.173. The summed E-state index contributed by atoms with van der Waals surface area (Å²) < 4.78 is 12.0. The lowest BCUT2D eigenvalue weighted by Gasteiger charge is -2.21. The van der Waals surface area contributed by atoms with E-state index in [1.54, 1.807) is 6.20 Å². The molecule has 7 heteroatoms. The lowest BCUT2D eigenvalue weighted by molar-refractivity contribution is -0.123. The van der Waals surface area contributed by atoms with Gasteiger partial charge in [0.1, 0.15) is 11.5 Å². The third-order valence-electron chi connectivity index (χ3n) is 5.19. The minimum absolute atomic E-state index is 0.0203. The number of nitrogens with one attached hydrogen (secondary N) is 1. The number of ether oxygens (including phenoxy) is 2. The van der Waals surface area contributed by atoms with Gasteiger partial charge in [0.05, 0.1) is 4.58 Å². The van der Waals surface area contributed by atoms with Crippen LogP contribution in [0.25, 0.3) is 0 Å². The van der Waals surface area contributed by atoms with E-state index in [1.807, 2.05) is 73.8 Å². The van der Waals surface area contributed by atoms with Crippen LogP contribution in [0.5, 0.6) is 17.4 Å². The average molecular weight is 481 g/mol. The van der Waals surface area contributed by atoms with Crippen LogP contribution in [-0.4, -0.2) is 29.0 Å². The van der Waals surface area contributed by atoms with Crippen molar-refractivity contribution < 1.29 is 14.3 Å². The van der Waals surface area contributed by atoms with Crippen LogP contribution in [0, 0.1) is 13.8 Å². The zero-order chi connectivity index (χ0) is 23.0. The van der Waals surface area contributed by atoms with Crippen LogP contribution in [0.1, 0.15) is 33.3 Å². The maximum absolute atomic E-state index is 12.2. The van der Waals surface area contributed by atoms with Crippen LogP contribution in [-0.2, 0) is 11.3 Å². The van der Waals surface area contributed by atoms with Gasteiger partial charge in [-0.1, -0.05) is 30.3 Å². The van der Waals surface area contributed by atoms with Crippen molar-refractivity contribution in [2.45, 2.75) is 31.4 Å². The van der Waals surface area contributed by atoms with Crippen LogP contribution >= 0.6 is 23.5 Å². The molecule has 2 heterocycles. The fraction of sp³-hybridized carbons (Fsp3) is 0.308. The van der Waals surface area contributed by atoms with Crippen molar-refractivity contribution in [2.75, 3.05) is 18.1 Å². The number of carbonyl (C=O) groups is 1. The summed E-state index contributed by atoms with van der Waals surface area (Å²) in [5, 5.41) is 2.87. The summed E-state index contributed by atoms with van der Waals surface area (Å²) in [7, 11) is 0. The number of carbonyl (C=O) groups excluding carboxylic acids is 1. The fourth-order valence-electron chi connectivity index (χ4n) is 3.31. The number of hydrogen-bond donors (Lipinski definition) is 1. The maximum atomic E-state index is 12.2. The minimum Gasteiger partial charge on any atom is -0.484 e. The molecule has 1 aromatic heterocycles. The summed E-state index contributed by atoms with van der Waals surface area (Å²) in [6, 6.07) is 17.8. The standard InChI is InChI=1S/C26H28N2O3S2/c1-18-4-5-19(2)23(14-18)31-25-11-6-20(16-28-25)15-27-24(29)17-30-22-9-7-21(8-10-22)26-32-12-3-13-33-26/h4-11,14,16,26H,3,12-13,15,17H2,1-2H3,(H,27,29).